The van der Waals surface area contributed by atoms with E-state index < -0.39 is 63.9 Å². The van der Waals surface area contributed by atoms with Crippen molar-refractivity contribution in [2.45, 2.75) is 80.8 Å². The van der Waals surface area contributed by atoms with Gasteiger partial charge in [0.25, 0.3) is 9.84 Å². The van der Waals surface area contributed by atoms with Gasteiger partial charge in [-0.15, -0.1) is 0 Å². The van der Waals surface area contributed by atoms with Crippen LogP contribution in [0.15, 0.2) is 35.2 Å². The Kier molecular flexibility index (Phi) is 6.77. The molecule has 0 N–H and O–H groups in total. The molecule has 0 spiro atoms. The predicted molar refractivity (Wildman–Crippen MR) is 131 cm³/mol. The Labute approximate surface area is 213 Å². The van der Waals surface area contributed by atoms with Crippen molar-refractivity contribution in [3.63, 3.8) is 0 Å². The highest BCUT2D eigenvalue weighted by Gasteiger charge is 2.52. The monoisotopic (exact) mass is 562 g/mol. The highest BCUT2D eigenvalue weighted by molar-refractivity contribution is 7.92. The van der Waals surface area contributed by atoms with Crippen LogP contribution in [0.25, 0.3) is 5.57 Å². The maximum Gasteiger partial charge on any atom is 0.501 e. The summed E-state index contributed by atoms with van der Waals surface area (Å²) in [7, 11) is -8.62. The van der Waals surface area contributed by atoms with Gasteiger partial charge in [0.2, 0.25) is 0 Å². The second-order valence-electron chi connectivity index (χ2n) is 11.0. The third-order valence-corrected chi connectivity index (χ3v) is 13.6. The first-order chi connectivity index (χ1) is 16.9. The topological polar surface area (TPSA) is 43.4 Å². The van der Waals surface area contributed by atoms with Crippen molar-refractivity contribution in [3.05, 3.63) is 69.8 Å². The van der Waals surface area contributed by atoms with Gasteiger partial charge in [-0.25, -0.2) is 21.6 Å². The normalized spacial score (nSPS) is 20.5. The lowest BCUT2D eigenvalue weighted by Gasteiger charge is -2.39. The number of aryl methyl sites for hydroxylation is 1. The highest BCUT2D eigenvalue weighted by atomic mass is 32.2. The second kappa shape index (κ2) is 8.98. The minimum atomic E-state index is -5.85. The molecular formula is C26H28F6O3SSi. The molecule has 2 atom stereocenters. The van der Waals surface area contributed by atoms with E-state index in [1.807, 2.05) is 20.8 Å². The van der Waals surface area contributed by atoms with Gasteiger partial charge in [-0.1, -0.05) is 32.9 Å². The van der Waals surface area contributed by atoms with Gasteiger partial charge in [0.1, 0.15) is 23.9 Å². The molecule has 37 heavy (non-hydrogen) atoms. The molecule has 0 aromatic heterocycles. The molecule has 2 aromatic rings. The summed E-state index contributed by atoms with van der Waals surface area (Å²) >= 11 is 0. The number of rotatable bonds is 4. The number of alkyl halides is 4. The predicted octanol–water partition coefficient (Wildman–Crippen LogP) is 7.59. The van der Waals surface area contributed by atoms with E-state index in [1.165, 1.54) is 6.07 Å². The fraction of sp³-hybridized carbons (Fsp3) is 0.462. The molecule has 0 unspecified atom stereocenters. The molecule has 2 aliphatic rings. The fourth-order valence-electron chi connectivity index (χ4n) is 4.74. The third kappa shape index (κ3) is 4.67. The summed E-state index contributed by atoms with van der Waals surface area (Å²) in [6.45, 7) is 9.21. The average molecular weight is 563 g/mol. The molecule has 2 aromatic carbocycles. The Hall–Kier alpha value is -2.11. The van der Waals surface area contributed by atoms with Gasteiger partial charge >= 0.3 is 5.51 Å². The van der Waals surface area contributed by atoms with Crippen LogP contribution in [0.1, 0.15) is 61.1 Å². The van der Waals surface area contributed by atoms with Crippen molar-refractivity contribution in [1.29, 1.82) is 0 Å². The lowest BCUT2D eigenvalue weighted by molar-refractivity contribution is -0.0437. The van der Waals surface area contributed by atoms with Crippen LogP contribution in [-0.4, -0.2) is 28.4 Å². The van der Waals surface area contributed by atoms with Crippen LogP contribution in [0.2, 0.25) is 18.1 Å². The van der Waals surface area contributed by atoms with E-state index in [2.05, 4.69) is 0 Å². The second-order valence-corrected chi connectivity index (χ2v) is 17.7. The van der Waals surface area contributed by atoms with Crippen molar-refractivity contribution >= 4 is 23.7 Å². The molecule has 0 aliphatic heterocycles. The average Bonchev–Trinajstić information content (AvgIpc) is 3.06. The molecule has 4 rings (SSSR count). The number of allylic oxidation sites excluding steroid dienone is 1. The van der Waals surface area contributed by atoms with Crippen molar-refractivity contribution in [3.8, 4) is 0 Å². The molecule has 0 heterocycles. The molecule has 0 bridgehead atoms. The number of sulfone groups is 1. The van der Waals surface area contributed by atoms with E-state index in [0.717, 1.165) is 12.1 Å². The Balaban J connectivity index is 1.99. The zero-order chi connectivity index (χ0) is 27.7. The lowest BCUT2D eigenvalue weighted by Crippen LogP contribution is -2.43. The van der Waals surface area contributed by atoms with Crippen molar-refractivity contribution < 1.29 is 39.2 Å². The SMILES string of the molecule is CC(C)(C)[Si](C)(C)O[C@H]1c2c(S(=O)(=O)C(F)(F)F)ccc(C3=CCCc4cc(F)cc(F)c43)c2C[C@H]1F. The summed E-state index contributed by atoms with van der Waals surface area (Å²) in [5, 5.41) is -0.436. The van der Waals surface area contributed by atoms with Gasteiger partial charge in [0.05, 0.1) is 4.90 Å². The Morgan fingerprint density at radius 3 is 2.30 bits per heavy atom. The molecule has 11 heteroatoms. The molecular weight excluding hydrogens is 534 g/mol. The van der Waals surface area contributed by atoms with Crippen LogP contribution in [0.4, 0.5) is 26.3 Å². The van der Waals surface area contributed by atoms with Crippen molar-refractivity contribution in [2.75, 3.05) is 0 Å². The highest BCUT2D eigenvalue weighted by Crippen LogP contribution is 2.50. The van der Waals surface area contributed by atoms with Gasteiger partial charge in [0.15, 0.2) is 8.32 Å². The van der Waals surface area contributed by atoms with Crippen LogP contribution in [0.3, 0.4) is 0 Å². The molecule has 202 valence electrons. The Morgan fingerprint density at radius 1 is 1.05 bits per heavy atom. The van der Waals surface area contributed by atoms with Crippen LogP contribution in [0, 0.1) is 11.6 Å². The maximum absolute atomic E-state index is 15.6. The van der Waals surface area contributed by atoms with E-state index in [9.17, 15) is 30.4 Å². The number of hydrogen-bond acceptors (Lipinski definition) is 3. The molecule has 2 aliphatic carbocycles. The van der Waals surface area contributed by atoms with E-state index in [0.29, 0.717) is 24.5 Å². The molecule has 3 nitrogen and oxygen atoms in total. The summed E-state index contributed by atoms with van der Waals surface area (Å²) in [6, 6.07) is 3.85. The molecule has 0 fully saturated rings. The Bertz CT molecular complexity index is 1390. The molecule has 0 saturated carbocycles. The number of halogens is 6. The van der Waals surface area contributed by atoms with E-state index in [-0.39, 0.29) is 27.8 Å². The van der Waals surface area contributed by atoms with Gasteiger partial charge in [-0.05, 0) is 65.4 Å². The Morgan fingerprint density at radius 2 is 1.70 bits per heavy atom. The van der Waals surface area contributed by atoms with Crippen LogP contribution in [0.5, 0.6) is 0 Å². The summed E-state index contributed by atoms with van der Waals surface area (Å²) in [5.74, 6) is -1.62. The minimum absolute atomic E-state index is 0.0318. The fourth-order valence-corrected chi connectivity index (χ4v) is 7.02. The van der Waals surface area contributed by atoms with E-state index in [4.69, 9.17) is 4.43 Å². The standard InChI is InChI=1S/C26H28F6O3SSi/c1-25(2,3)37(4,5)35-24-20(29)13-18-16(9-10-21(23(18)24)36(33,34)26(30,31)32)17-8-6-7-14-11-15(27)12-19(28)22(14)17/h8-12,20,24H,6-7,13H2,1-5H3/t20-,24-/m1/s1. The first kappa shape index (κ1) is 27.9. The zero-order valence-electron chi connectivity index (χ0n) is 21.1. The first-order valence-electron chi connectivity index (χ1n) is 11.8. The summed E-state index contributed by atoms with van der Waals surface area (Å²) in [6.07, 6.45) is -1.35. The quantitative estimate of drug-likeness (QED) is 0.285. The van der Waals surface area contributed by atoms with Gasteiger partial charge in [-0.2, -0.15) is 13.2 Å². The van der Waals surface area contributed by atoms with E-state index in [1.54, 1.807) is 19.2 Å². The third-order valence-electron chi connectivity index (χ3n) is 7.61. The smallest absolute Gasteiger partial charge is 0.407 e. The van der Waals surface area contributed by atoms with Gasteiger partial charge in [0, 0.05) is 23.6 Å². The number of hydrogen-bond donors (Lipinski definition) is 0. The zero-order valence-corrected chi connectivity index (χ0v) is 22.9. The lowest BCUT2D eigenvalue weighted by atomic mass is 9.84. The van der Waals surface area contributed by atoms with Crippen molar-refractivity contribution in [1.82, 2.24) is 0 Å². The summed E-state index contributed by atoms with van der Waals surface area (Å²) in [4.78, 5) is -1.06. The van der Waals surface area contributed by atoms with Crippen LogP contribution < -0.4 is 0 Å². The van der Waals surface area contributed by atoms with E-state index >= 15 is 4.39 Å². The minimum Gasteiger partial charge on any atom is -0.407 e. The first-order valence-corrected chi connectivity index (χ1v) is 16.2. The number of fused-ring (bicyclic) bond motifs is 2. The summed E-state index contributed by atoms with van der Waals surface area (Å²) < 4.78 is 117. The van der Waals surface area contributed by atoms with Gasteiger partial charge < -0.3 is 4.43 Å². The molecule has 0 amide bonds. The van der Waals surface area contributed by atoms with Crippen molar-refractivity contribution in [2.24, 2.45) is 0 Å². The number of benzene rings is 2. The summed E-state index contributed by atoms with van der Waals surface area (Å²) in [5.41, 5.74) is -5.02. The molecule has 0 radical (unpaired) electrons. The van der Waals surface area contributed by atoms with Crippen LogP contribution in [-0.2, 0) is 27.1 Å². The van der Waals surface area contributed by atoms with Gasteiger partial charge in [-0.3, -0.25) is 0 Å². The maximum atomic E-state index is 15.6. The van der Waals surface area contributed by atoms with Crippen LogP contribution >= 0.6 is 0 Å². The largest absolute Gasteiger partial charge is 0.501 e. The molecule has 0 saturated heterocycles.